The number of aryl methyl sites for hydroxylation is 2. The monoisotopic (exact) mass is 413 g/mol. The van der Waals surface area contributed by atoms with Gasteiger partial charge in [0, 0.05) is 18.1 Å². The topological polar surface area (TPSA) is 71.5 Å². The van der Waals surface area contributed by atoms with Crippen LogP contribution in [0.4, 0.5) is 5.69 Å². The molecule has 1 N–H and O–H groups in total. The summed E-state index contributed by atoms with van der Waals surface area (Å²) in [6.45, 7) is 4.16. The Morgan fingerprint density at radius 1 is 0.935 bits per heavy atom. The minimum Gasteiger partial charge on any atom is -0.497 e. The zero-order valence-electron chi connectivity index (χ0n) is 17.7. The smallest absolute Gasteiger partial charge is 0.278 e. The minimum absolute atomic E-state index is 0.178. The second kappa shape index (κ2) is 8.44. The standard InChI is InChI=1S/C25H23N3O3/c1-16-4-9-21(17(2)14-16)27-23-22(19-5-7-20(31-3)8-6-19)24(29)28(25(23)30)15-18-10-12-26-13-11-18/h4-14,27H,15H2,1-3H3. The fourth-order valence-corrected chi connectivity index (χ4v) is 3.62. The quantitative estimate of drug-likeness (QED) is 0.616. The maximum Gasteiger partial charge on any atom is 0.278 e. The molecule has 1 aromatic heterocycles. The SMILES string of the molecule is COc1ccc(C2=C(Nc3ccc(C)cc3C)C(=O)N(Cc3ccncc3)C2=O)cc1. The molecule has 0 saturated heterocycles. The maximum atomic E-state index is 13.4. The number of aromatic nitrogens is 1. The van der Waals surface area contributed by atoms with Crippen molar-refractivity contribution >= 4 is 23.1 Å². The number of anilines is 1. The van der Waals surface area contributed by atoms with Gasteiger partial charge in [-0.25, -0.2) is 0 Å². The fraction of sp³-hybridized carbons (Fsp3) is 0.160. The van der Waals surface area contributed by atoms with Crippen molar-refractivity contribution in [3.63, 3.8) is 0 Å². The summed E-state index contributed by atoms with van der Waals surface area (Å²) in [7, 11) is 1.59. The molecule has 6 nitrogen and oxygen atoms in total. The van der Waals surface area contributed by atoms with Crippen molar-refractivity contribution in [2.75, 3.05) is 12.4 Å². The molecule has 3 aromatic rings. The highest BCUT2D eigenvalue weighted by Crippen LogP contribution is 2.33. The van der Waals surface area contributed by atoms with E-state index in [1.807, 2.05) is 32.0 Å². The van der Waals surface area contributed by atoms with Crippen molar-refractivity contribution < 1.29 is 14.3 Å². The van der Waals surface area contributed by atoms with Crippen LogP contribution in [0.3, 0.4) is 0 Å². The second-order valence-electron chi connectivity index (χ2n) is 7.47. The third-order valence-electron chi connectivity index (χ3n) is 5.28. The van der Waals surface area contributed by atoms with Crippen molar-refractivity contribution in [3.8, 4) is 5.75 Å². The van der Waals surface area contributed by atoms with E-state index in [4.69, 9.17) is 4.74 Å². The molecule has 0 unspecified atom stereocenters. The average Bonchev–Trinajstić information content (AvgIpc) is 3.00. The van der Waals surface area contributed by atoms with Gasteiger partial charge in [-0.05, 0) is 60.9 Å². The van der Waals surface area contributed by atoms with E-state index in [2.05, 4.69) is 10.3 Å². The predicted octanol–water partition coefficient (Wildman–Crippen LogP) is 4.10. The molecule has 0 radical (unpaired) electrons. The number of hydrogen-bond acceptors (Lipinski definition) is 5. The summed E-state index contributed by atoms with van der Waals surface area (Å²) in [6, 6.07) is 16.7. The third-order valence-corrected chi connectivity index (χ3v) is 5.28. The van der Waals surface area contributed by atoms with Crippen LogP contribution in [0.2, 0.25) is 0 Å². The Balaban J connectivity index is 1.76. The van der Waals surface area contributed by atoms with E-state index >= 15 is 0 Å². The zero-order valence-corrected chi connectivity index (χ0v) is 17.7. The van der Waals surface area contributed by atoms with E-state index < -0.39 is 0 Å². The Labute approximate surface area is 181 Å². The van der Waals surface area contributed by atoms with Crippen LogP contribution in [0.15, 0.2) is 72.7 Å². The Kier molecular flexibility index (Phi) is 5.54. The van der Waals surface area contributed by atoms with E-state index in [-0.39, 0.29) is 24.1 Å². The molecule has 0 saturated carbocycles. The van der Waals surface area contributed by atoms with Gasteiger partial charge in [0.1, 0.15) is 11.4 Å². The van der Waals surface area contributed by atoms with Gasteiger partial charge >= 0.3 is 0 Å². The summed E-state index contributed by atoms with van der Waals surface area (Å²) in [5, 5.41) is 3.23. The first-order chi connectivity index (χ1) is 15.0. The van der Waals surface area contributed by atoms with Crippen LogP contribution in [-0.4, -0.2) is 28.8 Å². The van der Waals surface area contributed by atoms with E-state index in [1.54, 1.807) is 55.9 Å². The summed E-state index contributed by atoms with van der Waals surface area (Å²) in [6.07, 6.45) is 3.29. The first kappa shape index (κ1) is 20.3. The number of amides is 2. The van der Waals surface area contributed by atoms with Gasteiger partial charge in [-0.15, -0.1) is 0 Å². The van der Waals surface area contributed by atoms with Crippen LogP contribution < -0.4 is 10.1 Å². The number of methoxy groups -OCH3 is 1. The summed E-state index contributed by atoms with van der Waals surface area (Å²) in [5.74, 6) is -0.00879. The van der Waals surface area contributed by atoms with E-state index in [0.717, 1.165) is 22.4 Å². The van der Waals surface area contributed by atoms with E-state index in [1.165, 1.54) is 4.90 Å². The lowest BCUT2D eigenvalue weighted by Gasteiger charge is -2.15. The van der Waals surface area contributed by atoms with Gasteiger partial charge in [-0.1, -0.05) is 29.8 Å². The van der Waals surface area contributed by atoms with Crippen LogP contribution in [-0.2, 0) is 16.1 Å². The first-order valence-electron chi connectivity index (χ1n) is 9.96. The van der Waals surface area contributed by atoms with E-state index in [9.17, 15) is 9.59 Å². The minimum atomic E-state index is -0.354. The number of ether oxygens (including phenoxy) is 1. The molecule has 0 atom stereocenters. The Bertz CT molecular complexity index is 1170. The van der Waals surface area contributed by atoms with Crippen molar-refractivity contribution in [1.82, 2.24) is 9.88 Å². The van der Waals surface area contributed by atoms with Crippen LogP contribution >= 0.6 is 0 Å². The van der Waals surface area contributed by atoms with Gasteiger partial charge in [0.15, 0.2) is 0 Å². The number of imide groups is 1. The van der Waals surface area contributed by atoms with Gasteiger partial charge in [0.25, 0.3) is 11.8 Å². The number of benzene rings is 2. The first-order valence-corrected chi connectivity index (χ1v) is 9.96. The third kappa shape index (κ3) is 4.05. The molecule has 156 valence electrons. The highest BCUT2D eigenvalue weighted by molar-refractivity contribution is 6.36. The molecule has 2 amide bonds. The number of carbonyl (C=O) groups excluding carboxylic acids is 2. The van der Waals surface area contributed by atoms with Crippen molar-refractivity contribution in [3.05, 3.63) is 94.9 Å². The molecular formula is C25H23N3O3. The van der Waals surface area contributed by atoms with Crippen LogP contribution in [0, 0.1) is 13.8 Å². The maximum absolute atomic E-state index is 13.4. The molecule has 0 aliphatic carbocycles. The molecule has 1 aliphatic rings. The number of nitrogens with zero attached hydrogens (tertiary/aromatic N) is 2. The Morgan fingerprint density at radius 2 is 1.65 bits per heavy atom. The molecule has 31 heavy (non-hydrogen) atoms. The van der Waals surface area contributed by atoms with Gasteiger partial charge in [-0.2, -0.15) is 0 Å². The normalized spacial score (nSPS) is 13.7. The molecule has 0 spiro atoms. The predicted molar refractivity (Wildman–Crippen MR) is 119 cm³/mol. The second-order valence-corrected chi connectivity index (χ2v) is 7.47. The van der Waals surface area contributed by atoms with Gasteiger partial charge < -0.3 is 10.1 Å². The molecule has 2 heterocycles. The highest BCUT2D eigenvalue weighted by atomic mass is 16.5. The number of rotatable bonds is 6. The summed E-state index contributed by atoms with van der Waals surface area (Å²) in [4.78, 5) is 32.0. The highest BCUT2D eigenvalue weighted by Gasteiger charge is 2.39. The number of pyridine rings is 1. The Hall–Kier alpha value is -3.93. The average molecular weight is 413 g/mol. The molecule has 0 fully saturated rings. The molecule has 2 aromatic carbocycles. The van der Waals surface area contributed by atoms with Crippen molar-refractivity contribution in [1.29, 1.82) is 0 Å². The summed E-state index contributed by atoms with van der Waals surface area (Å²) >= 11 is 0. The van der Waals surface area contributed by atoms with Gasteiger partial charge in [0.05, 0.1) is 19.2 Å². The largest absolute Gasteiger partial charge is 0.497 e. The van der Waals surface area contributed by atoms with Crippen molar-refractivity contribution in [2.45, 2.75) is 20.4 Å². The summed E-state index contributed by atoms with van der Waals surface area (Å²) < 4.78 is 5.23. The van der Waals surface area contributed by atoms with Crippen LogP contribution in [0.5, 0.6) is 5.75 Å². The lowest BCUT2D eigenvalue weighted by molar-refractivity contribution is -0.137. The zero-order chi connectivity index (χ0) is 22.0. The fourth-order valence-electron chi connectivity index (χ4n) is 3.62. The van der Waals surface area contributed by atoms with Gasteiger partial charge in [0.2, 0.25) is 0 Å². The molecular weight excluding hydrogens is 390 g/mol. The van der Waals surface area contributed by atoms with Crippen LogP contribution in [0.25, 0.3) is 5.57 Å². The lowest BCUT2D eigenvalue weighted by atomic mass is 10.0. The lowest BCUT2D eigenvalue weighted by Crippen LogP contribution is -2.32. The number of hydrogen-bond donors (Lipinski definition) is 1. The molecule has 4 rings (SSSR count). The molecule has 6 heteroatoms. The number of nitrogens with one attached hydrogen (secondary N) is 1. The molecule has 0 bridgehead atoms. The molecule has 1 aliphatic heterocycles. The Morgan fingerprint density at radius 3 is 2.29 bits per heavy atom. The van der Waals surface area contributed by atoms with Crippen LogP contribution in [0.1, 0.15) is 22.3 Å². The van der Waals surface area contributed by atoms with Gasteiger partial charge in [-0.3, -0.25) is 19.5 Å². The van der Waals surface area contributed by atoms with Crippen molar-refractivity contribution in [2.24, 2.45) is 0 Å². The van der Waals surface area contributed by atoms with E-state index in [0.29, 0.717) is 16.9 Å². The number of carbonyl (C=O) groups is 2. The summed E-state index contributed by atoms with van der Waals surface area (Å²) in [5.41, 5.74) is 5.02.